The topological polar surface area (TPSA) is 90.2 Å². The van der Waals surface area contributed by atoms with E-state index in [-0.39, 0.29) is 17.0 Å². The average Bonchev–Trinajstić information content (AvgIpc) is 3.52. The highest BCUT2D eigenvalue weighted by molar-refractivity contribution is 6.10. The lowest BCUT2D eigenvalue weighted by Crippen LogP contribution is -2.24. The van der Waals surface area contributed by atoms with E-state index >= 15 is 0 Å². The fourth-order valence-corrected chi connectivity index (χ4v) is 4.39. The SMILES string of the molecule is COC(=O)c1ccc(F)c(-c2ccc3c(c2)C(=O)N(c2cccc(-c4nncn4C4CC4)n2)C3)c1. The Bertz CT molecular complexity index is 1490. The Balaban J connectivity index is 1.32. The number of aromatic nitrogens is 4. The van der Waals surface area contributed by atoms with E-state index in [0.29, 0.717) is 41.0 Å². The van der Waals surface area contributed by atoms with Crippen molar-refractivity contribution in [1.82, 2.24) is 19.7 Å². The van der Waals surface area contributed by atoms with Crippen LogP contribution in [0.25, 0.3) is 22.6 Å². The molecule has 0 atom stereocenters. The second-order valence-corrected chi connectivity index (χ2v) is 8.62. The zero-order chi connectivity index (χ0) is 24.1. The van der Waals surface area contributed by atoms with Crippen LogP contribution in [0.1, 0.15) is 45.2 Å². The minimum absolute atomic E-state index is 0.223. The summed E-state index contributed by atoms with van der Waals surface area (Å²) in [5.74, 6) is -0.0805. The van der Waals surface area contributed by atoms with Crippen LogP contribution in [0.4, 0.5) is 10.2 Å². The molecule has 1 aliphatic carbocycles. The highest BCUT2D eigenvalue weighted by Crippen LogP contribution is 2.38. The summed E-state index contributed by atoms with van der Waals surface area (Å²) < 4.78 is 21.4. The number of nitrogens with zero attached hydrogens (tertiary/aromatic N) is 5. The maximum absolute atomic E-state index is 14.6. The highest BCUT2D eigenvalue weighted by atomic mass is 19.1. The molecule has 0 N–H and O–H groups in total. The second kappa shape index (κ2) is 8.12. The fraction of sp³-hybridized carbons (Fsp3) is 0.192. The van der Waals surface area contributed by atoms with Gasteiger partial charge in [-0.15, -0.1) is 10.2 Å². The Morgan fingerprint density at radius 1 is 1.09 bits per heavy atom. The van der Waals surface area contributed by atoms with Crippen molar-refractivity contribution in [2.45, 2.75) is 25.4 Å². The summed E-state index contributed by atoms with van der Waals surface area (Å²) in [6.07, 6.45) is 3.90. The number of halogens is 1. The van der Waals surface area contributed by atoms with E-state index in [4.69, 9.17) is 9.72 Å². The Kier molecular flexibility index (Phi) is 4.91. The molecule has 3 heterocycles. The van der Waals surface area contributed by atoms with Gasteiger partial charge in [0.2, 0.25) is 0 Å². The van der Waals surface area contributed by atoms with Gasteiger partial charge in [0, 0.05) is 17.2 Å². The third-order valence-electron chi connectivity index (χ3n) is 6.37. The number of hydrogen-bond acceptors (Lipinski definition) is 6. The number of ether oxygens (including phenoxy) is 1. The number of rotatable bonds is 5. The van der Waals surface area contributed by atoms with Gasteiger partial charge in [-0.2, -0.15) is 0 Å². The van der Waals surface area contributed by atoms with Crippen LogP contribution in [0.15, 0.2) is 60.9 Å². The van der Waals surface area contributed by atoms with Crippen LogP contribution in [0.5, 0.6) is 0 Å². The van der Waals surface area contributed by atoms with Crippen LogP contribution in [-0.2, 0) is 11.3 Å². The number of methoxy groups -OCH3 is 1. The molecule has 9 heteroatoms. The average molecular weight is 469 g/mol. The minimum atomic E-state index is -0.557. The van der Waals surface area contributed by atoms with Crippen LogP contribution >= 0.6 is 0 Å². The largest absolute Gasteiger partial charge is 0.465 e. The van der Waals surface area contributed by atoms with E-state index in [1.807, 2.05) is 16.7 Å². The molecule has 1 saturated carbocycles. The summed E-state index contributed by atoms with van der Waals surface area (Å²) in [4.78, 5) is 31.6. The zero-order valence-corrected chi connectivity index (χ0v) is 18.8. The van der Waals surface area contributed by atoms with Crippen LogP contribution in [-0.4, -0.2) is 38.7 Å². The number of benzene rings is 2. The van der Waals surface area contributed by atoms with Crippen LogP contribution < -0.4 is 4.90 Å². The molecule has 1 fully saturated rings. The minimum Gasteiger partial charge on any atom is -0.465 e. The molecule has 0 saturated heterocycles. The molecule has 1 amide bonds. The Morgan fingerprint density at radius 2 is 1.94 bits per heavy atom. The predicted molar refractivity (Wildman–Crippen MR) is 125 cm³/mol. The quantitative estimate of drug-likeness (QED) is 0.402. The first-order valence-corrected chi connectivity index (χ1v) is 11.2. The Hall–Kier alpha value is -4.40. The van der Waals surface area contributed by atoms with E-state index in [0.717, 1.165) is 18.4 Å². The lowest BCUT2D eigenvalue weighted by Gasteiger charge is -2.15. The van der Waals surface area contributed by atoms with Crippen LogP contribution in [0, 0.1) is 5.82 Å². The fourth-order valence-electron chi connectivity index (χ4n) is 4.39. The van der Waals surface area contributed by atoms with Crippen molar-refractivity contribution in [2.24, 2.45) is 0 Å². The van der Waals surface area contributed by atoms with Gasteiger partial charge in [-0.3, -0.25) is 9.69 Å². The molecule has 1 aliphatic heterocycles. The number of carbonyl (C=O) groups is 2. The smallest absolute Gasteiger partial charge is 0.337 e. The van der Waals surface area contributed by atoms with Crippen molar-refractivity contribution < 1.29 is 18.7 Å². The van der Waals surface area contributed by atoms with Crippen molar-refractivity contribution in [3.8, 4) is 22.6 Å². The highest BCUT2D eigenvalue weighted by Gasteiger charge is 2.31. The molecule has 0 bridgehead atoms. The van der Waals surface area contributed by atoms with Crippen molar-refractivity contribution in [3.05, 3.63) is 83.4 Å². The van der Waals surface area contributed by atoms with Crippen molar-refractivity contribution >= 4 is 17.7 Å². The van der Waals surface area contributed by atoms with E-state index in [9.17, 15) is 14.0 Å². The van der Waals surface area contributed by atoms with Crippen molar-refractivity contribution in [3.63, 3.8) is 0 Å². The van der Waals surface area contributed by atoms with Gasteiger partial charge in [0.05, 0.1) is 19.2 Å². The van der Waals surface area contributed by atoms with Crippen LogP contribution in [0.3, 0.4) is 0 Å². The molecule has 2 aromatic heterocycles. The van der Waals surface area contributed by atoms with E-state index in [1.54, 1.807) is 35.5 Å². The molecule has 0 unspecified atom stereocenters. The number of fused-ring (bicyclic) bond motifs is 1. The van der Waals surface area contributed by atoms with Crippen molar-refractivity contribution in [2.75, 3.05) is 12.0 Å². The number of amides is 1. The molecule has 8 nitrogen and oxygen atoms in total. The molecule has 0 radical (unpaired) electrons. The molecule has 2 aromatic carbocycles. The first kappa shape index (κ1) is 21.2. The zero-order valence-electron chi connectivity index (χ0n) is 18.8. The number of anilines is 1. The molecule has 2 aliphatic rings. The summed E-state index contributed by atoms with van der Waals surface area (Å²) in [5, 5.41) is 8.27. The predicted octanol–water partition coefficient (Wildman–Crippen LogP) is 4.43. The van der Waals surface area contributed by atoms with Gasteiger partial charge >= 0.3 is 5.97 Å². The van der Waals surface area contributed by atoms with E-state index < -0.39 is 11.8 Å². The maximum atomic E-state index is 14.6. The maximum Gasteiger partial charge on any atom is 0.337 e. The van der Waals surface area contributed by atoms with Gasteiger partial charge in [0.25, 0.3) is 5.91 Å². The lowest BCUT2D eigenvalue weighted by atomic mass is 9.98. The first-order chi connectivity index (χ1) is 17.0. The monoisotopic (exact) mass is 469 g/mol. The van der Waals surface area contributed by atoms with Gasteiger partial charge in [-0.05, 0) is 60.4 Å². The summed E-state index contributed by atoms with van der Waals surface area (Å²) in [6, 6.07) is 15.1. The Morgan fingerprint density at radius 3 is 2.74 bits per heavy atom. The van der Waals surface area contributed by atoms with Gasteiger partial charge in [0.15, 0.2) is 5.82 Å². The third kappa shape index (κ3) is 3.65. The molecular weight excluding hydrogens is 449 g/mol. The molecule has 0 spiro atoms. The van der Waals surface area contributed by atoms with Gasteiger partial charge in [0.1, 0.15) is 23.7 Å². The molecule has 4 aromatic rings. The first-order valence-electron chi connectivity index (χ1n) is 11.2. The summed E-state index contributed by atoms with van der Waals surface area (Å²) in [7, 11) is 1.27. The Labute approximate surface area is 200 Å². The van der Waals surface area contributed by atoms with Gasteiger partial charge < -0.3 is 9.30 Å². The number of carbonyl (C=O) groups excluding carboxylic acids is 2. The standard InChI is InChI=1S/C26H20FN5O3/c1-35-26(34)16-7-10-21(27)19(12-16)15-5-6-17-13-31(25(33)20(17)11-15)23-4-2-3-22(29-23)24-30-28-14-32(24)18-8-9-18/h2-7,10-12,14,18H,8-9,13H2,1H3. The second-order valence-electron chi connectivity index (χ2n) is 8.62. The van der Waals surface area contributed by atoms with Crippen LogP contribution in [0.2, 0.25) is 0 Å². The summed E-state index contributed by atoms with van der Waals surface area (Å²) >= 11 is 0. The molecule has 174 valence electrons. The lowest BCUT2D eigenvalue weighted by molar-refractivity contribution is 0.0600. The summed E-state index contributed by atoms with van der Waals surface area (Å²) in [6.45, 7) is 0.352. The number of pyridine rings is 1. The molecule has 35 heavy (non-hydrogen) atoms. The normalized spacial score (nSPS) is 14.8. The third-order valence-corrected chi connectivity index (χ3v) is 6.37. The van der Waals surface area contributed by atoms with Gasteiger partial charge in [-0.25, -0.2) is 14.2 Å². The number of hydrogen-bond donors (Lipinski definition) is 0. The van der Waals surface area contributed by atoms with Crippen molar-refractivity contribution in [1.29, 1.82) is 0 Å². The van der Waals surface area contributed by atoms with E-state index in [1.165, 1.54) is 25.3 Å². The number of esters is 1. The van der Waals surface area contributed by atoms with Gasteiger partial charge in [-0.1, -0.05) is 18.2 Å². The molecule has 6 rings (SSSR count). The van der Waals surface area contributed by atoms with E-state index in [2.05, 4.69) is 10.2 Å². The molecular formula is C26H20FN5O3. The summed E-state index contributed by atoms with van der Waals surface area (Å²) in [5.41, 5.74) is 2.90.